The van der Waals surface area contributed by atoms with Gasteiger partial charge in [-0.2, -0.15) is 5.26 Å². The number of imidazole rings is 1. The Morgan fingerprint density at radius 3 is 2.94 bits per heavy atom. The van der Waals surface area contributed by atoms with E-state index in [1.807, 2.05) is 12.1 Å². The average Bonchev–Trinajstić information content (AvgIpc) is 2.89. The molecule has 0 bridgehead atoms. The van der Waals surface area contributed by atoms with Crippen LogP contribution in [0, 0.1) is 11.3 Å². The number of aromatic amines is 1. The summed E-state index contributed by atoms with van der Waals surface area (Å²) in [5.74, 6) is 0.239. The van der Waals surface area contributed by atoms with Crippen molar-refractivity contribution in [1.29, 1.82) is 5.26 Å². The van der Waals surface area contributed by atoms with E-state index in [2.05, 4.69) is 21.4 Å². The van der Waals surface area contributed by atoms with Gasteiger partial charge in [-0.25, -0.2) is 4.98 Å². The summed E-state index contributed by atoms with van der Waals surface area (Å²) in [4.78, 5) is 6.87. The Morgan fingerprint density at radius 2 is 2.28 bits per heavy atom. The van der Waals surface area contributed by atoms with Crippen LogP contribution in [-0.4, -0.2) is 21.1 Å². The predicted molar refractivity (Wildman–Crippen MR) is 66.6 cm³/mol. The zero-order chi connectivity index (χ0) is 12.8. The lowest BCUT2D eigenvalue weighted by atomic mass is 10.1. The maximum absolute atomic E-state index is 9.61. The maximum Gasteiger partial charge on any atom is 0.120 e. The molecule has 1 heterocycles. The highest BCUT2D eigenvalue weighted by atomic mass is 16.3. The van der Waals surface area contributed by atoms with Gasteiger partial charge in [0.15, 0.2) is 0 Å². The first kappa shape index (κ1) is 12.1. The molecule has 1 aromatic heterocycles. The zero-order valence-corrected chi connectivity index (χ0v) is 9.80. The third-order valence-electron chi connectivity index (χ3n) is 2.67. The van der Waals surface area contributed by atoms with Crippen molar-refractivity contribution in [2.24, 2.45) is 0 Å². The summed E-state index contributed by atoms with van der Waals surface area (Å²) in [5, 5.41) is 21.8. The van der Waals surface area contributed by atoms with Crippen LogP contribution in [0.2, 0.25) is 0 Å². The summed E-state index contributed by atoms with van der Waals surface area (Å²) in [6.07, 6.45) is 3.85. The third kappa shape index (κ3) is 3.09. The third-order valence-corrected chi connectivity index (χ3v) is 2.67. The number of aromatic nitrogens is 2. The number of aromatic hydroxyl groups is 1. The van der Waals surface area contributed by atoms with Crippen molar-refractivity contribution >= 4 is 0 Å². The highest BCUT2D eigenvalue weighted by molar-refractivity contribution is 5.31. The molecule has 5 nitrogen and oxygen atoms in total. The summed E-state index contributed by atoms with van der Waals surface area (Å²) < 4.78 is 0. The number of phenols is 1. The summed E-state index contributed by atoms with van der Waals surface area (Å²) >= 11 is 0. The lowest BCUT2D eigenvalue weighted by Gasteiger charge is -2.11. The number of para-hydroxylation sites is 1. The van der Waals surface area contributed by atoms with Crippen LogP contribution in [0.1, 0.15) is 11.3 Å². The Balaban J connectivity index is 1.92. The van der Waals surface area contributed by atoms with E-state index < -0.39 is 0 Å². The van der Waals surface area contributed by atoms with E-state index >= 15 is 0 Å². The number of phenolic OH excluding ortho intramolecular Hbond substituents is 1. The Labute approximate surface area is 105 Å². The molecule has 0 saturated carbocycles. The van der Waals surface area contributed by atoms with Gasteiger partial charge in [-0.1, -0.05) is 18.2 Å². The van der Waals surface area contributed by atoms with E-state index in [1.54, 1.807) is 24.7 Å². The molecule has 0 aliphatic heterocycles. The number of rotatable bonds is 5. The van der Waals surface area contributed by atoms with Gasteiger partial charge in [0.2, 0.25) is 0 Å². The van der Waals surface area contributed by atoms with Gasteiger partial charge in [0.25, 0.3) is 0 Å². The predicted octanol–water partition coefficient (Wildman–Crippen LogP) is 1.34. The van der Waals surface area contributed by atoms with Crippen molar-refractivity contribution in [3.05, 3.63) is 48.0 Å². The van der Waals surface area contributed by atoms with Gasteiger partial charge in [-0.05, 0) is 6.07 Å². The molecule has 1 atom stereocenters. The first-order valence-electron chi connectivity index (χ1n) is 5.66. The Morgan fingerprint density at radius 1 is 1.44 bits per heavy atom. The number of hydrogen-bond acceptors (Lipinski definition) is 4. The number of H-pyrrole nitrogens is 1. The quantitative estimate of drug-likeness (QED) is 0.738. The number of nitrogens with zero attached hydrogens (tertiary/aromatic N) is 2. The van der Waals surface area contributed by atoms with Gasteiger partial charge >= 0.3 is 0 Å². The largest absolute Gasteiger partial charge is 0.508 e. The topological polar surface area (TPSA) is 84.7 Å². The van der Waals surface area contributed by atoms with Gasteiger partial charge in [-0.3, -0.25) is 5.32 Å². The monoisotopic (exact) mass is 242 g/mol. The first-order chi connectivity index (χ1) is 8.79. The Kier molecular flexibility index (Phi) is 3.94. The molecule has 92 valence electrons. The summed E-state index contributed by atoms with van der Waals surface area (Å²) in [5.41, 5.74) is 1.69. The lowest BCUT2D eigenvalue weighted by molar-refractivity contribution is 0.462. The highest BCUT2D eigenvalue weighted by Gasteiger charge is 2.09. The standard InChI is InChI=1S/C13H14N4O/c14-6-11(5-12-8-15-9-17-12)16-7-10-3-1-2-4-13(10)18/h1-4,8-9,11,16,18H,5,7H2,(H,15,17). The fourth-order valence-electron chi connectivity index (χ4n) is 1.67. The highest BCUT2D eigenvalue weighted by Crippen LogP contribution is 2.15. The molecule has 1 unspecified atom stereocenters. The minimum atomic E-state index is -0.315. The molecule has 5 heteroatoms. The zero-order valence-electron chi connectivity index (χ0n) is 9.80. The van der Waals surface area contributed by atoms with Crippen molar-refractivity contribution < 1.29 is 5.11 Å². The molecule has 2 rings (SSSR count). The fourth-order valence-corrected chi connectivity index (χ4v) is 1.67. The van der Waals surface area contributed by atoms with Gasteiger partial charge in [0.05, 0.1) is 12.4 Å². The van der Waals surface area contributed by atoms with Crippen LogP contribution in [-0.2, 0) is 13.0 Å². The van der Waals surface area contributed by atoms with Crippen LogP contribution in [0.4, 0.5) is 0 Å². The van der Waals surface area contributed by atoms with Crippen LogP contribution in [0.5, 0.6) is 5.75 Å². The second-order valence-electron chi connectivity index (χ2n) is 3.97. The van der Waals surface area contributed by atoms with Crippen molar-refractivity contribution in [2.45, 2.75) is 19.0 Å². The van der Waals surface area contributed by atoms with Crippen molar-refractivity contribution in [3.63, 3.8) is 0 Å². The lowest BCUT2D eigenvalue weighted by Crippen LogP contribution is -2.29. The molecular weight excluding hydrogens is 228 g/mol. The molecule has 3 N–H and O–H groups in total. The Hall–Kier alpha value is -2.32. The molecule has 0 spiro atoms. The smallest absolute Gasteiger partial charge is 0.120 e. The van der Waals surface area contributed by atoms with E-state index in [4.69, 9.17) is 5.26 Å². The van der Waals surface area contributed by atoms with E-state index in [1.165, 1.54) is 0 Å². The molecular formula is C13H14N4O. The summed E-state index contributed by atoms with van der Waals surface area (Å²) in [7, 11) is 0. The van der Waals surface area contributed by atoms with Crippen LogP contribution < -0.4 is 5.32 Å². The summed E-state index contributed by atoms with van der Waals surface area (Å²) in [6.45, 7) is 0.457. The molecule has 0 radical (unpaired) electrons. The van der Waals surface area contributed by atoms with Crippen LogP contribution in [0.25, 0.3) is 0 Å². The van der Waals surface area contributed by atoms with Crippen molar-refractivity contribution in [3.8, 4) is 11.8 Å². The molecule has 0 fully saturated rings. The Bertz CT molecular complexity index is 530. The maximum atomic E-state index is 9.61. The SMILES string of the molecule is N#CC(Cc1cnc[nH]1)NCc1ccccc1O. The molecule has 18 heavy (non-hydrogen) atoms. The van der Waals surface area contributed by atoms with Gasteiger partial charge in [0, 0.05) is 30.4 Å². The average molecular weight is 242 g/mol. The minimum Gasteiger partial charge on any atom is -0.508 e. The molecule has 0 saturated heterocycles. The fraction of sp³-hybridized carbons (Fsp3) is 0.231. The van der Waals surface area contributed by atoms with Crippen molar-refractivity contribution in [2.75, 3.05) is 0 Å². The molecule has 1 aromatic carbocycles. The number of benzene rings is 1. The van der Waals surface area contributed by atoms with Crippen LogP contribution in [0.3, 0.4) is 0 Å². The van der Waals surface area contributed by atoms with Gasteiger partial charge in [0.1, 0.15) is 11.8 Å². The minimum absolute atomic E-state index is 0.239. The molecule has 0 aliphatic carbocycles. The van der Waals surface area contributed by atoms with E-state index in [0.29, 0.717) is 13.0 Å². The van der Waals surface area contributed by atoms with Gasteiger partial charge < -0.3 is 10.1 Å². The number of hydrogen-bond donors (Lipinski definition) is 3. The van der Waals surface area contributed by atoms with Gasteiger partial charge in [-0.15, -0.1) is 0 Å². The molecule has 2 aromatic rings. The van der Waals surface area contributed by atoms with Crippen molar-refractivity contribution in [1.82, 2.24) is 15.3 Å². The van der Waals surface area contributed by atoms with E-state index in [-0.39, 0.29) is 11.8 Å². The van der Waals surface area contributed by atoms with E-state index in [9.17, 15) is 5.11 Å². The molecule has 0 aliphatic rings. The summed E-state index contributed by atoms with van der Waals surface area (Å²) in [6, 6.07) is 8.96. The second kappa shape index (κ2) is 5.84. The van der Waals surface area contributed by atoms with E-state index in [0.717, 1.165) is 11.3 Å². The number of nitriles is 1. The first-order valence-corrected chi connectivity index (χ1v) is 5.66. The van der Waals surface area contributed by atoms with Crippen LogP contribution in [0.15, 0.2) is 36.8 Å². The normalized spacial score (nSPS) is 11.9. The second-order valence-corrected chi connectivity index (χ2v) is 3.97. The molecule has 0 amide bonds. The van der Waals surface area contributed by atoms with Crippen LogP contribution >= 0.6 is 0 Å². The number of nitrogens with one attached hydrogen (secondary N) is 2.